The van der Waals surface area contributed by atoms with Crippen molar-refractivity contribution in [3.63, 3.8) is 0 Å². The fraction of sp³-hybridized carbons (Fsp3) is 0.320. The molecule has 0 unspecified atom stereocenters. The summed E-state index contributed by atoms with van der Waals surface area (Å²) in [6.45, 7) is 4.81. The van der Waals surface area contributed by atoms with Gasteiger partial charge < -0.3 is 9.64 Å². The first kappa shape index (κ1) is 24.2. The molecule has 1 N–H and O–H groups in total. The number of nitrogens with one attached hydrogen (secondary N) is 1. The van der Waals surface area contributed by atoms with Gasteiger partial charge in [0.05, 0.1) is 15.6 Å². The monoisotopic (exact) mass is 531 g/mol. The molecular weight excluding hydrogens is 508 g/mol. The van der Waals surface area contributed by atoms with Crippen LogP contribution in [0.25, 0.3) is 22.2 Å². The Morgan fingerprint density at radius 3 is 2.69 bits per heavy atom. The third-order valence-corrected chi connectivity index (χ3v) is 7.86. The van der Waals surface area contributed by atoms with E-state index in [0.29, 0.717) is 44.4 Å². The highest BCUT2D eigenvalue weighted by atomic mass is 35.5. The van der Waals surface area contributed by atoms with Crippen LogP contribution in [0.1, 0.15) is 25.5 Å². The molecule has 0 aliphatic carbocycles. The van der Waals surface area contributed by atoms with Crippen LogP contribution in [-0.4, -0.2) is 44.8 Å². The summed E-state index contributed by atoms with van der Waals surface area (Å²) in [5.41, 5.74) is 2.67. The molecule has 0 bridgehead atoms. The molecule has 1 aliphatic rings. The van der Waals surface area contributed by atoms with Gasteiger partial charge in [-0.3, -0.25) is 10.1 Å². The highest BCUT2D eigenvalue weighted by Crippen LogP contribution is 2.37. The van der Waals surface area contributed by atoms with E-state index in [1.807, 2.05) is 41.8 Å². The fourth-order valence-electron chi connectivity index (χ4n) is 4.50. The highest BCUT2D eigenvalue weighted by Gasteiger charge is 2.37. The lowest BCUT2D eigenvalue weighted by Gasteiger charge is -2.47. The highest BCUT2D eigenvalue weighted by molar-refractivity contribution is 7.98. The summed E-state index contributed by atoms with van der Waals surface area (Å²) in [5.74, 6) is 2.27. The Balaban J connectivity index is 1.41. The molecule has 1 saturated heterocycles. The summed E-state index contributed by atoms with van der Waals surface area (Å²) in [4.78, 5) is 10.5. The van der Waals surface area contributed by atoms with Crippen molar-refractivity contribution in [2.75, 3.05) is 23.5 Å². The standard InChI is InChI=1S/C25H24Cl2FN5OS/c1-13-16(12-35-3)11-33(13)25-21(28)6-15(8-30-25)24-18-7-17(4-5-22(18)31-32-24)34-14(2)23-19(26)9-29-10-20(23)27/h4-10,13-14,16H,11-12H2,1-3H3,(H,31,32)/t13-,14-,16-/m1/s1. The molecule has 0 saturated carbocycles. The zero-order valence-corrected chi connectivity index (χ0v) is 21.8. The Labute approximate surface area is 217 Å². The average Bonchev–Trinajstić information content (AvgIpc) is 3.25. The van der Waals surface area contributed by atoms with Gasteiger partial charge in [-0.05, 0) is 50.1 Å². The lowest BCUT2D eigenvalue weighted by atomic mass is 9.91. The first-order valence-electron chi connectivity index (χ1n) is 11.2. The van der Waals surface area contributed by atoms with E-state index < -0.39 is 6.10 Å². The van der Waals surface area contributed by atoms with Crippen molar-refractivity contribution in [2.45, 2.75) is 26.0 Å². The number of anilines is 1. The number of aromatic nitrogens is 4. The summed E-state index contributed by atoms with van der Waals surface area (Å²) < 4.78 is 21.2. The minimum atomic E-state index is -0.405. The van der Waals surface area contributed by atoms with Gasteiger partial charge in [0.1, 0.15) is 17.5 Å². The van der Waals surface area contributed by atoms with E-state index in [1.165, 1.54) is 18.5 Å². The van der Waals surface area contributed by atoms with Crippen LogP contribution in [-0.2, 0) is 0 Å². The van der Waals surface area contributed by atoms with E-state index in [4.69, 9.17) is 27.9 Å². The van der Waals surface area contributed by atoms with Crippen LogP contribution in [0.4, 0.5) is 10.2 Å². The fourth-order valence-corrected chi connectivity index (χ4v) is 5.99. The average molecular weight is 532 g/mol. The molecule has 1 aromatic carbocycles. The Morgan fingerprint density at radius 1 is 1.23 bits per heavy atom. The van der Waals surface area contributed by atoms with Crippen molar-refractivity contribution >= 4 is 51.7 Å². The third kappa shape index (κ3) is 4.55. The second-order valence-corrected chi connectivity index (χ2v) is 10.4. The molecule has 0 radical (unpaired) electrons. The van der Waals surface area contributed by atoms with Gasteiger partial charge in [0.15, 0.2) is 11.6 Å². The molecule has 10 heteroatoms. The molecule has 5 rings (SSSR count). The molecule has 1 aliphatic heterocycles. The first-order chi connectivity index (χ1) is 16.9. The molecule has 1 fully saturated rings. The molecule has 3 aromatic heterocycles. The number of H-pyrrole nitrogens is 1. The van der Waals surface area contributed by atoms with Crippen molar-refractivity contribution in [3.05, 3.63) is 64.3 Å². The van der Waals surface area contributed by atoms with E-state index >= 15 is 4.39 Å². The van der Waals surface area contributed by atoms with Crippen LogP contribution >= 0.6 is 35.0 Å². The number of ether oxygens (including phenoxy) is 1. The molecule has 182 valence electrons. The van der Waals surface area contributed by atoms with Crippen LogP contribution in [0.5, 0.6) is 5.75 Å². The summed E-state index contributed by atoms with van der Waals surface area (Å²) >= 11 is 14.4. The van der Waals surface area contributed by atoms with Gasteiger partial charge >= 0.3 is 0 Å². The summed E-state index contributed by atoms with van der Waals surface area (Å²) in [6.07, 6.45) is 6.44. The number of thioether (sulfide) groups is 1. The molecule has 6 nitrogen and oxygen atoms in total. The normalized spacial score (nSPS) is 18.5. The molecule has 4 heterocycles. The third-order valence-electron chi connectivity index (χ3n) is 6.50. The maximum absolute atomic E-state index is 15.1. The Bertz CT molecular complexity index is 1360. The lowest BCUT2D eigenvalue weighted by Crippen LogP contribution is -2.56. The van der Waals surface area contributed by atoms with E-state index in [-0.39, 0.29) is 11.9 Å². The van der Waals surface area contributed by atoms with Gasteiger partial charge in [-0.15, -0.1) is 0 Å². The van der Waals surface area contributed by atoms with Gasteiger partial charge in [0.2, 0.25) is 0 Å². The number of fused-ring (bicyclic) bond motifs is 1. The Kier molecular flexibility index (Phi) is 6.79. The molecule has 35 heavy (non-hydrogen) atoms. The number of nitrogens with zero attached hydrogens (tertiary/aromatic N) is 4. The predicted octanol–water partition coefficient (Wildman–Crippen LogP) is 6.79. The van der Waals surface area contributed by atoms with Crippen LogP contribution in [0.15, 0.2) is 42.9 Å². The second-order valence-electron chi connectivity index (χ2n) is 8.69. The van der Waals surface area contributed by atoms with Gasteiger partial charge in [-0.2, -0.15) is 16.9 Å². The molecule has 0 amide bonds. The van der Waals surface area contributed by atoms with E-state index in [1.54, 1.807) is 6.20 Å². The Morgan fingerprint density at radius 2 is 2.00 bits per heavy atom. The summed E-state index contributed by atoms with van der Waals surface area (Å²) in [7, 11) is 0. The van der Waals surface area contributed by atoms with E-state index in [0.717, 1.165) is 23.2 Å². The number of hydrogen-bond donors (Lipinski definition) is 1. The second kappa shape index (κ2) is 9.84. The smallest absolute Gasteiger partial charge is 0.166 e. The first-order valence-corrected chi connectivity index (χ1v) is 13.4. The van der Waals surface area contributed by atoms with Crippen molar-refractivity contribution in [1.82, 2.24) is 20.2 Å². The van der Waals surface area contributed by atoms with Crippen molar-refractivity contribution < 1.29 is 9.13 Å². The number of hydrogen-bond acceptors (Lipinski definition) is 6. The quantitative estimate of drug-likeness (QED) is 0.283. The van der Waals surface area contributed by atoms with E-state index in [9.17, 15) is 0 Å². The SMILES string of the molecule is CSC[C@H]1CN(c2ncc(-c3n[nH]c4ccc(O[C@H](C)c5c(Cl)cncc5Cl)cc34)cc2F)[C@@H]1C. The topological polar surface area (TPSA) is 66.9 Å². The largest absolute Gasteiger partial charge is 0.486 e. The van der Waals surface area contributed by atoms with E-state index in [2.05, 4.69) is 33.3 Å². The number of rotatable bonds is 7. The minimum Gasteiger partial charge on any atom is -0.486 e. The zero-order chi connectivity index (χ0) is 24.7. The van der Waals surface area contributed by atoms with Gasteiger partial charge in [-0.1, -0.05) is 23.2 Å². The maximum atomic E-state index is 15.1. The van der Waals surface area contributed by atoms with Crippen molar-refractivity contribution in [3.8, 4) is 17.0 Å². The van der Waals surface area contributed by atoms with Gasteiger partial charge in [0.25, 0.3) is 0 Å². The molecule has 3 atom stereocenters. The van der Waals surface area contributed by atoms with Crippen LogP contribution in [0.2, 0.25) is 10.0 Å². The lowest BCUT2D eigenvalue weighted by molar-refractivity contribution is 0.227. The molecular formula is C25H24Cl2FN5OS. The number of benzene rings is 1. The van der Waals surface area contributed by atoms with Crippen LogP contribution < -0.4 is 9.64 Å². The van der Waals surface area contributed by atoms with Crippen molar-refractivity contribution in [2.24, 2.45) is 5.92 Å². The van der Waals surface area contributed by atoms with Gasteiger partial charge in [0, 0.05) is 53.6 Å². The number of aromatic amines is 1. The zero-order valence-electron chi connectivity index (χ0n) is 19.4. The van der Waals surface area contributed by atoms with Crippen LogP contribution in [0.3, 0.4) is 0 Å². The van der Waals surface area contributed by atoms with Gasteiger partial charge in [-0.25, -0.2) is 9.37 Å². The summed E-state index contributed by atoms with van der Waals surface area (Å²) in [5, 5.41) is 9.10. The number of halogens is 3. The molecule has 0 spiro atoms. The van der Waals surface area contributed by atoms with Crippen molar-refractivity contribution in [1.29, 1.82) is 0 Å². The predicted molar refractivity (Wildman–Crippen MR) is 141 cm³/mol. The van der Waals surface area contributed by atoms with Crippen LogP contribution in [0, 0.1) is 11.7 Å². The number of pyridine rings is 2. The molecule has 4 aromatic rings. The Hall–Kier alpha value is -2.55. The minimum absolute atomic E-state index is 0.269. The maximum Gasteiger partial charge on any atom is 0.166 e. The summed E-state index contributed by atoms with van der Waals surface area (Å²) in [6, 6.07) is 7.34.